The quantitative estimate of drug-likeness (QED) is 0.798. The summed E-state index contributed by atoms with van der Waals surface area (Å²) < 4.78 is 0. The molecule has 6 nitrogen and oxygen atoms in total. The number of aliphatic hydroxyl groups is 1. The molecule has 1 aliphatic rings. The van der Waals surface area contributed by atoms with Crippen molar-refractivity contribution >= 4 is 11.9 Å². The van der Waals surface area contributed by atoms with E-state index >= 15 is 0 Å². The van der Waals surface area contributed by atoms with Crippen molar-refractivity contribution in [1.29, 1.82) is 0 Å². The second-order valence-corrected chi connectivity index (χ2v) is 4.46. The van der Waals surface area contributed by atoms with Crippen molar-refractivity contribution in [2.75, 3.05) is 38.2 Å². The maximum Gasteiger partial charge on any atom is 0.227 e. The van der Waals surface area contributed by atoms with Crippen LogP contribution in [0.2, 0.25) is 0 Å². The minimum absolute atomic E-state index is 0.000467. The van der Waals surface area contributed by atoms with Crippen molar-refractivity contribution in [3.63, 3.8) is 0 Å². The molecule has 18 heavy (non-hydrogen) atoms. The fourth-order valence-electron chi connectivity index (χ4n) is 2.17. The Bertz CT molecular complexity index is 398. The molecule has 1 amide bonds. The van der Waals surface area contributed by atoms with Crippen LogP contribution in [-0.4, -0.2) is 59.2 Å². The molecule has 0 bridgehead atoms. The summed E-state index contributed by atoms with van der Waals surface area (Å²) in [5, 5.41) is 8.83. The predicted octanol–water partition coefficient (Wildman–Crippen LogP) is -0.246. The van der Waals surface area contributed by atoms with Crippen LogP contribution in [0.15, 0.2) is 18.5 Å². The molecule has 98 valence electrons. The van der Waals surface area contributed by atoms with Gasteiger partial charge in [0.1, 0.15) is 0 Å². The smallest absolute Gasteiger partial charge is 0.227 e. The first-order valence-corrected chi connectivity index (χ1v) is 6.10. The summed E-state index contributed by atoms with van der Waals surface area (Å²) in [6.45, 7) is 1.84. The van der Waals surface area contributed by atoms with E-state index in [4.69, 9.17) is 5.11 Å². The van der Waals surface area contributed by atoms with Crippen LogP contribution >= 0.6 is 0 Å². The Labute approximate surface area is 106 Å². The molecule has 1 aromatic rings. The van der Waals surface area contributed by atoms with Crippen molar-refractivity contribution in [2.24, 2.45) is 5.92 Å². The summed E-state index contributed by atoms with van der Waals surface area (Å²) in [7, 11) is 1.72. The number of hydrogen-bond acceptors (Lipinski definition) is 5. The summed E-state index contributed by atoms with van der Waals surface area (Å²) in [6, 6.07) is 1.78. The second kappa shape index (κ2) is 5.77. The largest absolute Gasteiger partial charge is 0.395 e. The molecule has 0 aromatic carbocycles. The topological polar surface area (TPSA) is 69.6 Å². The second-order valence-electron chi connectivity index (χ2n) is 4.46. The van der Waals surface area contributed by atoms with Crippen LogP contribution in [0, 0.1) is 5.92 Å². The highest BCUT2D eigenvalue weighted by atomic mass is 16.3. The lowest BCUT2D eigenvalue weighted by atomic mass is 10.1. The van der Waals surface area contributed by atoms with E-state index in [1.54, 1.807) is 30.4 Å². The lowest BCUT2D eigenvalue weighted by Crippen LogP contribution is -2.36. The third kappa shape index (κ3) is 2.76. The highest BCUT2D eigenvalue weighted by Gasteiger charge is 2.31. The van der Waals surface area contributed by atoms with Gasteiger partial charge in [-0.15, -0.1) is 0 Å². The maximum atomic E-state index is 12.1. The first-order valence-electron chi connectivity index (χ1n) is 6.10. The van der Waals surface area contributed by atoms with E-state index in [2.05, 4.69) is 9.97 Å². The van der Waals surface area contributed by atoms with E-state index in [0.717, 1.165) is 13.0 Å². The molecule has 0 radical (unpaired) electrons. The number of amides is 1. The van der Waals surface area contributed by atoms with Crippen LogP contribution < -0.4 is 4.90 Å². The molecule has 6 heteroatoms. The van der Waals surface area contributed by atoms with Gasteiger partial charge in [0.15, 0.2) is 0 Å². The summed E-state index contributed by atoms with van der Waals surface area (Å²) >= 11 is 0. The first-order chi connectivity index (χ1) is 8.72. The molecule has 1 N–H and O–H groups in total. The minimum atomic E-state index is -0.0228. The van der Waals surface area contributed by atoms with Gasteiger partial charge >= 0.3 is 0 Å². The average molecular weight is 250 g/mol. The van der Waals surface area contributed by atoms with Gasteiger partial charge in [-0.1, -0.05) is 0 Å². The Hall–Kier alpha value is -1.69. The normalized spacial score (nSPS) is 19.0. The fraction of sp³-hybridized carbons (Fsp3) is 0.583. The Morgan fingerprint density at radius 2 is 2.28 bits per heavy atom. The van der Waals surface area contributed by atoms with Crippen LogP contribution in [0.1, 0.15) is 6.42 Å². The van der Waals surface area contributed by atoms with Gasteiger partial charge in [0, 0.05) is 39.1 Å². The highest BCUT2D eigenvalue weighted by molar-refractivity contribution is 5.79. The monoisotopic (exact) mass is 250 g/mol. The summed E-state index contributed by atoms with van der Waals surface area (Å²) in [4.78, 5) is 24.0. The number of rotatable bonds is 4. The molecular weight excluding hydrogens is 232 g/mol. The van der Waals surface area contributed by atoms with Gasteiger partial charge < -0.3 is 14.9 Å². The SMILES string of the molecule is CN(CCO)C(=O)[C@H]1CCN(c2ncccn2)C1. The van der Waals surface area contributed by atoms with Crippen molar-refractivity contribution in [1.82, 2.24) is 14.9 Å². The molecule has 0 aliphatic carbocycles. The number of hydrogen-bond donors (Lipinski definition) is 1. The van der Waals surface area contributed by atoms with Gasteiger partial charge in [-0.05, 0) is 12.5 Å². The lowest BCUT2D eigenvalue weighted by molar-refractivity contribution is -0.133. The Kier molecular flexibility index (Phi) is 4.09. The Balaban J connectivity index is 1.94. The Morgan fingerprint density at radius 3 is 2.94 bits per heavy atom. The molecule has 2 rings (SSSR count). The average Bonchev–Trinajstić information content (AvgIpc) is 2.89. The van der Waals surface area contributed by atoms with Gasteiger partial charge in [-0.25, -0.2) is 9.97 Å². The third-order valence-electron chi connectivity index (χ3n) is 3.18. The van der Waals surface area contributed by atoms with Gasteiger partial charge in [0.2, 0.25) is 11.9 Å². The number of carbonyl (C=O) groups excluding carboxylic acids is 1. The summed E-state index contributed by atoms with van der Waals surface area (Å²) in [5.41, 5.74) is 0. The van der Waals surface area contributed by atoms with E-state index in [-0.39, 0.29) is 18.4 Å². The molecule has 1 fully saturated rings. The van der Waals surface area contributed by atoms with Crippen molar-refractivity contribution in [3.8, 4) is 0 Å². The first kappa shape index (κ1) is 12.8. The highest BCUT2D eigenvalue weighted by Crippen LogP contribution is 2.21. The minimum Gasteiger partial charge on any atom is -0.395 e. The van der Waals surface area contributed by atoms with Crippen molar-refractivity contribution < 1.29 is 9.90 Å². The molecule has 1 atom stereocenters. The van der Waals surface area contributed by atoms with Crippen LogP contribution in [0.4, 0.5) is 5.95 Å². The lowest BCUT2D eigenvalue weighted by Gasteiger charge is -2.20. The zero-order valence-corrected chi connectivity index (χ0v) is 10.5. The van der Waals surface area contributed by atoms with E-state index < -0.39 is 0 Å². The molecule has 1 saturated heterocycles. The zero-order valence-electron chi connectivity index (χ0n) is 10.5. The standard InChI is InChI=1S/C12H18N4O2/c1-15(7-8-17)11(18)10-3-6-16(9-10)12-13-4-2-5-14-12/h2,4-5,10,17H,3,6-9H2,1H3/t10-/m0/s1. The van der Waals surface area contributed by atoms with Gasteiger partial charge in [0.05, 0.1) is 12.5 Å². The van der Waals surface area contributed by atoms with Crippen molar-refractivity contribution in [2.45, 2.75) is 6.42 Å². The van der Waals surface area contributed by atoms with Crippen molar-refractivity contribution in [3.05, 3.63) is 18.5 Å². The fourth-order valence-corrected chi connectivity index (χ4v) is 2.17. The van der Waals surface area contributed by atoms with E-state index in [1.807, 2.05) is 4.90 Å². The Morgan fingerprint density at radius 1 is 1.56 bits per heavy atom. The number of carbonyl (C=O) groups is 1. The van der Waals surface area contributed by atoms with Gasteiger partial charge in [-0.3, -0.25) is 4.79 Å². The van der Waals surface area contributed by atoms with E-state index in [1.165, 1.54) is 0 Å². The molecule has 2 heterocycles. The number of anilines is 1. The molecule has 1 aliphatic heterocycles. The number of nitrogens with zero attached hydrogens (tertiary/aromatic N) is 4. The molecule has 0 saturated carbocycles. The number of likely N-dealkylation sites (N-methyl/N-ethyl adjacent to an activating group) is 1. The zero-order chi connectivity index (χ0) is 13.0. The molecule has 0 spiro atoms. The van der Waals surface area contributed by atoms with Gasteiger partial charge in [0.25, 0.3) is 0 Å². The third-order valence-corrected chi connectivity index (χ3v) is 3.18. The maximum absolute atomic E-state index is 12.1. The predicted molar refractivity (Wildman–Crippen MR) is 67.1 cm³/mol. The van der Waals surface area contributed by atoms with Crippen LogP contribution in [0.25, 0.3) is 0 Å². The molecular formula is C12H18N4O2. The summed E-state index contributed by atoms with van der Waals surface area (Å²) in [6.07, 6.45) is 4.22. The van der Waals surface area contributed by atoms with Crippen LogP contribution in [-0.2, 0) is 4.79 Å². The molecule has 0 unspecified atom stereocenters. The number of aromatic nitrogens is 2. The number of aliphatic hydroxyl groups excluding tert-OH is 1. The van der Waals surface area contributed by atoms with E-state index in [9.17, 15) is 4.79 Å². The van der Waals surface area contributed by atoms with E-state index in [0.29, 0.717) is 19.0 Å². The van der Waals surface area contributed by atoms with Crippen LogP contribution in [0.3, 0.4) is 0 Å². The van der Waals surface area contributed by atoms with Crippen LogP contribution in [0.5, 0.6) is 0 Å². The van der Waals surface area contributed by atoms with Gasteiger partial charge in [-0.2, -0.15) is 0 Å². The summed E-state index contributed by atoms with van der Waals surface area (Å²) in [5.74, 6) is 0.741. The molecule has 1 aromatic heterocycles.